The zero-order chi connectivity index (χ0) is 22.6. The van der Waals surface area contributed by atoms with Crippen molar-refractivity contribution in [1.82, 2.24) is 9.97 Å². The van der Waals surface area contributed by atoms with Crippen molar-refractivity contribution < 1.29 is 9.47 Å². The van der Waals surface area contributed by atoms with Gasteiger partial charge >= 0.3 is 0 Å². The second-order valence-electron chi connectivity index (χ2n) is 7.78. The summed E-state index contributed by atoms with van der Waals surface area (Å²) >= 11 is 0. The second-order valence-corrected chi connectivity index (χ2v) is 7.78. The summed E-state index contributed by atoms with van der Waals surface area (Å²) in [6.45, 7) is 0. The highest BCUT2D eigenvalue weighted by molar-refractivity contribution is 6.06. The van der Waals surface area contributed by atoms with E-state index in [2.05, 4.69) is 53.5 Å². The Morgan fingerprint density at radius 3 is 1.82 bits per heavy atom. The summed E-state index contributed by atoms with van der Waals surface area (Å²) in [6, 6.07) is 26.6. The number of hydrogen-bond donors (Lipinski definition) is 1. The molecule has 0 aliphatic heterocycles. The molecule has 33 heavy (non-hydrogen) atoms. The lowest BCUT2D eigenvalue weighted by Crippen LogP contribution is -1.83. The summed E-state index contributed by atoms with van der Waals surface area (Å²) in [4.78, 5) is 8.25. The minimum absolute atomic E-state index is 0.850. The van der Waals surface area contributed by atoms with E-state index < -0.39 is 0 Å². The van der Waals surface area contributed by atoms with E-state index in [9.17, 15) is 0 Å². The van der Waals surface area contributed by atoms with E-state index in [0.29, 0.717) is 0 Å². The Kier molecular flexibility index (Phi) is 5.64. The molecule has 162 valence electrons. The van der Waals surface area contributed by atoms with Crippen LogP contribution in [0.2, 0.25) is 0 Å². The average molecular weight is 433 g/mol. The van der Waals surface area contributed by atoms with Gasteiger partial charge in [0.2, 0.25) is 0 Å². The second kappa shape index (κ2) is 9.05. The van der Waals surface area contributed by atoms with Gasteiger partial charge in [-0.2, -0.15) is 0 Å². The lowest BCUT2D eigenvalue weighted by atomic mass is 10.1. The first-order valence-electron chi connectivity index (χ1n) is 10.8. The summed E-state index contributed by atoms with van der Waals surface area (Å²) in [5, 5.41) is 2.28. The fourth-order valence-electron chi connectivity index (χ4n) is 3.81. The summed E-state index contributed by atoms with van der Waals surface area (Å²) in [5.41, 5.74) is 6.24. The third-order valence-electron chi connectivity index (χ3n) is 5.65. The van der Waals surface area contributed by atoms with E-state index in [1.165, 1.54) is 5.39 Å². The van der Waals surface area contributed by atoms with E-state index in [1.54, 1.807) is 14.2 Å². The van der Waals surface area contributed by atoms with Crippen molar-refractivity contribution in [3.63, 3.8) is 0 Å². The first-order valence-corrected chi connectivity index (χ1v) is 10.8. The molecule has 0 bridgehead atoms. The molecule has 0 aliphatic rings. The molecule has 5 aromatic rings. The first-order chi connectivity index (χ1) is 16.2. The van der Waals surface area contributed by atoms with Crippen LogP contribution in [-0.4, -0.2) is 24.2 Å². The van der Waals surface area contributed by atoms with Gasteiger partial charge in [-0.3, -0.25) is 0 Å². The van der Waals surface area contributed by atoms with Gasteiger partial charge in [0, 0.05) is 16.3 Å². The smallest absolute Gasteiger partial charge is 0.139 e. The number of benzene rings is 3. The number of aromatic nitrogens is 2. The molecule has 0 spiro atoms. The Hall–Kier alpha value is -4.31. The Morgan fingerprint density at radius 1 is 0.606 bits per heavy atom. The van der Waals surface area contributed by atoms with Crippen LogP contribution in [0, 0.1) is 0 Å². The Balaban J connectivity index is 1.40. The van der Waals surface area contributed by atoms with Crippen LogP contribution < -0.4 is 9.47 Å². The largest absolute Gasteiger partial charge is 0.497 e. The highest BCUT2D eigenvalue weighted by Crippen LogP contribution is 2.27. The van der Waals surface area contributed by atoms with Crippen LogP contribution in [0.5, 0.6) is 11.5 Å². The van der Waals surface area contributed by atoms with Crippen molar-refractivity contribution in [2.75, 3.05) is 14.2 Å². The van der Waals surface area contributed by atoms with Crippen molar-refractivity contribution in [3.8, 4) is 11.5 Å². The van der Waals surface area contributed by atoms with Crippen molar-refractivity contribution >= 4 is 46.2 Å². The summed E-state index contributed by atoms with van der Waals surface area (Å²) in [5.74, 6) is 1.71. The first kappa shape index (κ1) is 20.6. The predicted molar refractivity (Wildman–Crippen MR) is 137 cm³/mol. The zero-order valence-corrected chi connectivity index (χ0v) is 18.6. The highest BCUT2D eigenvalue weighted by atomic mass is 16.5. The molecule has 0 amide bonds. The number of H-pyrrole nitrogens is 1. The topological polar surface area (TPSA) is 47.1 Å². The van der Waals surface area contributed by atoms with Crippen LogP contribution in [0.1, 0.15) is 22.4 Å². The summed E-state index contributed by atoms with van der Waals surface area (Å²) < 4.78 is 10.4. The SMILES string of the molecule is COc1ccc(C=Cc2ccc3[nH]c4nc(C=Cc5ccc(OC)cc5)ccc4c3c2)cc1. The molecule has 3 aromatic carbocycles. The van der Waals surface area contributed by atoms with Gasteiger partial charge in [-0.25, -0.2) is 4.98 Å². The normalized spacial score (nSPS) is 11.7. The molecule has 2 heterocycles. The highest BCUT2D eigenvalue weighted by Gasteiger charge is 2.06. The number of aromatic amines is 1. The fraction of sp³-hybridized carbons (Fsp3) is 0.0690. The van der Waals surface area contributed by atoms with Gasteiger partial charge < -0.3 is 14.5 Å². The van der Waals surface area contributed by atoms with Crippen LogP contribution in [-0.2, 0) is 0 Å². The predicted octanol–water partition coefficient (Wildman–Crippen LogP) is 7.07. The van der Waals surface area contributed by atoms with Gasteiger partial charge in [-0.15, -0.1) is 0 Å². The van der Waals surface area contributed by atoms with Crippen LogP contribution >= 0.6 is 0 Å². The molecule has 2 aromatic heterocycles. The van der Waals surface area contributed by atoms with Crippen molar-refractivity contribution in [3.05, 3.63) is 101 Å². The molecule has 5 rings (SSSR count). The van der Waals surface area contributed by atoms with Gasteiger partial charge in [-0.05, 0) is 71.3 Å². The summed E-state index contributed by atoms with van der Waals surface area (Å²) in [7, 11) is 3.35. The molecule has 1 N–H and O–H groups in total. The Morgan fingerprint density at radius 2 is 1.18 bits per heavy atom. The molecule has 0 unspecified atom stereocenters. The zero-order valence-electron chi connectivity index (χ0n) is 18.6. The molecule has 0 radical (unpaired) electrons. The quantitative estimate of drug-likeness (QED) is 0.292. The number of ether oxygens (including phenoxy) is 2. The van der Waals surface area contributed by atoms with Gasteiger partial charge in [0.15, 0.2) is 0 Å². The van der Waals surface area contributed by atoms with Gasteiger partial charge in [-0.1, -0.05) is 48.6 Å². The number of hydrogen-bond acceptors (Lipinski definition) is 3. The number of rotatable bonds is 6. The maximum absolute atomic E-state index is 5.22. The Labute approximate surface area is 192 Å². The third-order valence-corrected chi connectivity index (χ3v) is 5.65. The number of nitrogens with one attached hydrogen (secondary N) is 1. The van der Waals surface area contributed by atoms with E-state index in [0.717, 1.165) is 50.4 Å². The van der Waals surface area contributed by atoms with Crippen molar-refractivity contribution in [2.45, 2.75) is 0 Å². The number of pyridine rings is 1. The standard InChI is InChI=1S/C29H24N2O2/c1-32-24-13-6-20(7-14-24)3-4-22-10-18-28-27(19-22)26-17-12-23(30-29(26)31-28)11-5-21-8-15-25(33-2)16-9-21/h3-19H,1-2H3,(H,30,31). The molecule has 0 saturated carbocycles. The molecule has 4 heteroatoms. The maximum Gasteiger partial charge on any atom is 0.139 e. The molecular formula is C29H24N2O2. The van der Waals surface area contributed by atoms with Crippen molar-refractivity contribution in [2.24, 2.45) is 0 Å². The third kappa shape index (κ3) is 4.51. The van der Waals surface area contributed by atoms with Gasteiger partial charge in [0.1, 0.15) is 17.1 Å². The minimum Gasteiger partial charge on any atom is -0.497 e. The fourth-order valence-corrected chi connectivity index (χ4v) is 3.81. The molecule has 0 aliphatic carbocycles. The number of fused-ring (bicyclic) bond motifs is 3. The molecule has 0 saturated heterocycles. The van der Waals surface area contributed by atoms with Crippen LogP contribution in [0.4, 0.5) is 0 Å². The molecule has 0 fully saturated rings. The van der Waals surface area contributed by atoms with E-state index >= 15 is 0 Å². The monoisotopic (exact) mass is 432 g/mol. The van der Waals surface area contributed by atoms with E-state index in [-0.39, 0.29) is 0 Å². The molecule has 0 atom stereocenters. The Bertz CT molecular complexity index is 1460. The van der Waals surface area contributed by atoms with Crippen molar-refractivity contribution in [1.29, 1.82) is 0 Å². The number of nitrogens with zero attached hydrogens (tertiary/aromatic N) is 1. The van der Waals surface area contributed by atoms with Crippen LogP contribution in [0.3, 0.4) is 0 Å². The van der Waals surface area contributed by atoms with Gasteiger partial charge in [0.05, 0.1) is 19.9 Å². The molecular weight excluding hydrogens is 408 g/mol. The lowest BCUT2D eigenvalue weighted by molar-refractivity contribution is 0.414. The summed E-state index contributed by atoms with van der Waals surface area (Å²) in [6.07, 6.45) is 8.31. The van der Waals surface area contributed by atoms with Crippen LogP contribution in [0.25, 0.3) is 46.2 Å². The lowest BCUT2D eigenvalue weighted by Gasteiger charge is -2.00. The van der Waals surface area contributed by atoms with Crippen LogP contribution in [0.15, 0.2) is 78.9 Å². The number of methoxy groups -OCH3 is 2. The maximum atomic E-state index is 5.22. The minimum atomic E-state index is 0.850. The van der Waals surface area contributed by atoms with E-state index in [1.807, 2.05) is 54.6 Å². The van der Waals surface area contributed by atoms with E-state index in [4.69, 9.17) is 14.5 Å². The van der Waals surface area contributed by atoms with Gasteiger partial charge in [0.25, 0.3) is 0 Å². The molecule has 4 nitrogen and oxygen atoms in total. The average Bonchev–Trinajstić information content (AvgIpc) is 3.24.